The van der Waals surface area contributed by atoms with Gasteiger partial charge in [-0.05, 0) is 44.0 Å². The van der Waals surface area contributed by atoms with Crippen molar-refractivity contribution in [1.82, 2.24) is 4.98 Å². The minimum atomic E-state index is -0.873. The Balaban J connectivity index is 2.00. The monoisotopic (exact) mass is 274 g/mol. The number of carbonyl (C=O) groups is 1. The normalized spacial score (nSPS) is 13.7. The first kappa shape index (κ1) is 12.2. The standard InChI is InChI=1S/C14H14N2O2S/c1-8-9(2)19-14(15-8)16-6-5-10-7-11(13(17)18)3-4-12(10)16/h3-4,7H,5-6H2,1-2H3,(H,17,18). The maximum atomic E-state index is 11.0. The first-order valence-electron chi connectivity index (χ1n) is 6.14. The number of aromatic carboxylic acids is 1. The highest BCUT2D eigenvalue weighted by atomic mass is 32.1. The van der Waals surface area contributed by atoms with Gasteiger partial charge in [0.2, 0.25) is 0 Å². The number of aryl methyl sites for hydroxylation is 2. The van der Waals surface area contributed by atoms with E-state index in [1.165, 1.54) is 4.88 Å². The van der Waals surface area contributed by atoms with Crippen LogP contribution in [-0.4, -0.2) is 22.6 Å². The van der Waals surface area contributed by atoms with E-state index in [9.17, 15) is 4.79 Å². The SMILES string of the molecule is Cc1nc(N2CCc3cc(C(=O)O)ccc32)sc1C. The van der Waals surface area contributed by atoms with E-state index in [1.807, 2.05) is 13.0 Å². The molecule has 1 aliphatic heterocycles. The van der Waals surface area contributed by atoms with Gasteiger partial charge in [0.05, 0.1) is 11.3 Å². The van der Waals surface area contributed by atoms with Gasteiger partial charge in [0, 0.05) is 17.1 Å². The van der Waals surface area contributed by atoms with Crippen molar-refractivity contribution in [2.45, 2.75) is 20.3 Å². The van der Waals surface area contributed by atoms with E-state index >= 15 is 0 Å². The molecule has 5 heteroatoms. The largest absolute Gasteiger partial charge is 0.478 e. The summed E-state index contributed by atoms with van der Waals surface area (Å²) in [4.78, 5) is 19.0. The molecule has 1 aromatic heterocycles. The summed E-state index contributed by atoms with van der Waals surface area (Å²) in [7, 11) is 0. The van der Waals surface area contributed by atoms with E-state index < -0.39 is 5.97 Å². The summed E-state index contributed by atoms with van der Waals surface area (Å²) in [6.45, 7) is 4.95. The van der Waals surface area contributed by atoms with Crippen LogP contribution in [0.5, 0.6) is 0 Å². The molecular weight excluding hydrogens is 260 g/mol. The summed E-state index contributed by atoms with van der Waals surface area (Å²) in [5, 5.41) is 10.0. The van der Waals surface area contributed by atoms with Gasteiger partial charge in [-0.15, -0.1) is 11.3 Å². The van der Waals surface area contributed by atoms with E-state index in [0.29, 0.717) is 5.56 Å². The van der Waals surface area contributed by atoms with Crippen molar-refractivity contribution in [3.8, 4) is 0 Å². The predicted molar refractivity (Wildman–Crippen MR) is 75.7 cm³/mol. The van der Waals surface area contributed by atoms with E-state index in [-0.39, 0.29) is 0 Å². The number of hydrogen-bond acceptors (Lipinski definition) is 4. The molecule has 1 N–H and O–H groups in total. The molecule has 0 saturated carbocycles. The molecule has 3 rings (SSSR count). The number of rotatable bonds is 2. The molecule has 2 aromatic rings. The molecule has 0 amide bonds. The Morgan fingerprint density at radius 3 is 2.84 bits per heavy atom. The van der Waals surface area contributed by atoms with Gasteiger partial charge in [-0.1, -0.05) is 0 Å². The molecule has 2 heterocycles. The second kappa shape index (κ2) is 4.35. The lowest BCUT2D eigenvalue weighted by molar-refractivity contribution is 0.0697. The highest BCUT2D eigenvalue weighted by Crippen LogP contribution is 2.37. The second-order valence-electron chi connectivity index (χ2n) is 4.69. The summed E-state index contributed by atoms with van der Waals surface area (Å²) in [6, 6.07) is 5.32. The van der Waals surface area contributed by atoms with Crippen LogP contribution in [0.2, 0.25) is 0 Å². The third-order valence-corrected chi connectivity index (χ3v) is 4.57. The van der Waals surface area contributed by atoms with Crippen LogP contribution in [0.1, 0.15) is 26.5 Å². The smallest absolute Gasteiger partial charge is 0.335 e. The van der Waals surface area contributed by atoms with Crippen LogP contribution in [0.4, 0.5) is 10.8 Å². The zero-order valence-electron chi connectivity index (χ0n) is 10.8. The van der Waals surface area contributed by atoms with Crippen LogP contribution in [0, 0.1) is 13.8 Å². The third kappa shape index (κ3) is 2.00. The minimum Gasteiger partial charge on any atom is -0.478 e. The molecule has 0 spiro atoms. The quantitative estimate of drug-likeness (QED) is 0.914. The average Bonchev–Trinajstić information content (AvgIpc) is 2.93. The van der Waals surface area contributed by atoms with Gasteiger partial charge in [-0.25, -0.2) is 9.78 Å². The molecule has 0 saturated heterocycles. The van der Waals surface area contributed by atoms with E-state index in [1.54, 1.807) is 23.5 Å². The Morgan fingerprint density at radius 1 is 1.42 bits per heavy atom. The van der Waals surface area contributed by atoms with E-state index in [2.05, 4.69) is 16.8 Å². The fraction of sp³-hybridized carbons (Fsp3) is 0.286. The summed E-state index contributed by atoms with van der Waals surface area (Å²) in [6.07, 6.45) is 0.869. The lowest BCUT2D eigenvalue weighted by Crippen LogP contribution is -2.12. The number of nitrogens with zero attached hydrogens (tertiary/aromatic N) is 2. The summed E-state index contributed by atoms with van der Waals surface area (Å²) in [5.74, 6) is -0.873. The van der Waals surface area contributed by atoms with E-state index in [0.717, 1.165) is 35.0 Å². The topological polar surface area (TPSA) is 53.4 Å². The van der Waals surface area contributed by atoms with Crippen LogP contribution in [0.15, 0.2) is 18.2 Å². The number of benzene rings is 1. The lowest BCUT2D eigenvalue weighted by Gasteiger charge is -2.15. The summed E-state index contributed by atoms with van der Waals surface area (Å²) >= 11 is 1.68. The number of fused-ring (bicyclic) bond motifs is 1. The number of hydrogen-bond donors (Lipinski definition) is 1. The van der Waals surface area contributed by atoms with Crippen LogP contribution in [-0.2, 0) is 6.42 Å². The van der Waals surface area contributed by atoms with Gasteiger partial charge in [0.25, 0.3) is 0 Å². The lowest BCUT2D eigenvalue weighted by atomic mass is 10.1. The second-order valence-corrected chi connectivity index (χ2v) is 5.87. The van der Waals surface area contributed by atoms with Crippen LogP contribution in [0.25, 0.3) is 0 Å². The fourth-order valence-corrected chi connectivity index (χ4v) is 3.25. The Labute approximate surface area is 115 Å². The molecule has 19 heavy (non-hydrogen) atoms. The minimum absolute atomic E-state index is 0.354. The summed E-state index contributed by atoms with van der Waals surface area (Å²) < 4.78 is 0. The highest BCUT2D eigenvalue weighted by Gasteiger charge is 2.24. The predicted octanol–water partition coefficient (Wildman–Crippen LogP) is 3.15. The van der Waals surface area contributed by atoms with Gasteiger partial charge < -0.3 is 10.0 Å². The van der Waals surface area contributed by atoms with Crippen molar-refractivity contribution in [3.63, 3.8) is 0 Å². The molecule has 98 valence electrons. The number of anilines is 2. The number of thiazole rings is 1. The van der Waals surface area contributed by atoms with Gasteiger partial charge in [-0.3, -0.25) is 0 Å². The highest BCUT2D eigenvalue weighted by molar-refractivity contribution is 7.15. The maximum absolute atomic E-state index is 11.0. The molecule has 4 nitrogen and oxygen atoms in total. The Hall–Kier alpha value is -1.88. The molecule has 0 atom stereocenters. The van der Waals surface area contributed by atoms with Crippen LogP contribution >= 0.6 is 11.3 Å². The van der Waals surface area contributed by atoms with Crippen LogP contribution in [0.3, 0.4) is 0 Å². The third-order valence-electron chi connectivity index (χ3n) is 3.47. The van der Waals surface area contributed by atoms with Crippen molar-refractivity contribution >= 4 is 28.1 Å². The van der Waals surface area contributed by atoms with Gasteiger partial charge >= 0.3 is 5.97 Å². The van der Waals surface area contributed by atoms with Crippen molar-refractivity contribution in [3.05, 3.63) is 39.9 Å². The molecule has 0 fully saturated rings. The molecule has 0 aliphatic carbocycles. The molecule has 0 radical (unpaired) electrons. The van der Waals surface area contributed by atoms with Crippen molar-refractivity contribution in [2.75, 3.05) is 11.4 Å². The van der Waals surface area contributed by atoms with Gasteiger partial charge in [0.1, 0.15) is 0 Å². The molecule has 1 aromatic carbocycles. The fourth-order valence-electron chi connectivity index (χ4n) is 2.30. The van der Waals surface area contributed by atoms with Crippen LogP contribution < -0.4 is 4.90 Å². The maximum Gasteiger partial charge on any atom is 0.335 e. The summed E-state index contributed by atoms with van der Waals surface area (Å²) in [5.41, 5.74) is 3.59. The molecule has 0 unspecified atom stereocenters. The average molecular weight is 274 g/mol. The zero-order valence-corrected chi connectivity index (χ0v) is 11.6. The Morgan fingerprint density at radius 2 is 2.21 bits per heavy atom. The molecule has 0 bridgehead atoms. The number of carboxylic acid groups (broad SMARTS) is 1. The molecular formula is C14H14N2O2S. The zero-order chi connectivity index (χ0) is 13.6. The van der Waals surface area contributed by atoms with Crippen molar-refractivity contribution in [1.29, 1.82) is 0 Å². The first-order chi connectivity index (χ1) is 9.06. The van der Waals surface area contributed by atoms with Gasteiger partial charge in [0.15, 0.2) is 5.13 Å². The number of carboxylic acids is 1. The van der Waals surface area contributed by atoms with Gasteiger partial charge in [-0.2, -0.15) is 0 Å². The Bertz CT molecular complexity index is 644. The van der Waals surface area contributed by atoms with Crippen molar-refractivity contribution < 1.29 is 9.90 Å². The van der Waals surface area contributed by atoms with Crippen molar-refractivity contribution in [2.24, 2.45) is 0 Å². The Kier molecular flexibility index (Phi) is 2.78. The molecule has 1 aliphatic rings. The number of aromatic nitrogens is 1. The first-order valence-corrected chi connectivity index (χ1v) is 6.95. The van der Waals surface area contributed by atoms with E-state index in [4.69, 9.17) is 5.11 Å².